The van der Waals surface area contributed by atoms with E-state index in [-0.39, 0.29) is 0 Å². The number of aromatic nitrogens is 3. The van der Waals surface area contributed by atoms with Gasteiger partial charge >= 0.3 is 0 Å². The lowest BCUT2D eigenvalue weighted by Crippen LogP contribution is -2.04. The predicted octanol–water partition coefficient (Wildman–Crippen LogP) is 9.73. The first-order valence-corrected chi connectivity index (χ1v) is 13.9. The maximum Gasteiger partial charge on any atom is 0.235 e. The summed E-state index contributed by atoms with van der Waals surface area (Å²) in [6.07, 6.45) is 0. The number of para-hydroxylation sites is 3. The summed E-state index contributed by atoms with van der Waals surface area (Å²) in [6, 6.07) is 53.1. The molecule has 0 aliphatic carbocycles. The van der Waals surface area contributed by atoms with Crippen LogP contribution in [-0.2, 0) is 0 Å². The summed E-state index contributed by atoms with van der Waals surface area (Å²) in [6.45, 7) is 0. The van der Waals surface area contributed by atoms with Crippen LogP contribution < -0.4 is 0 Å². The van der Waals surface area contributed by atoms with E-state index in [9.17, 15) is 0 Å². The molecule has 0 aliphatic rings. The molecule has 8 rings (SSSR count). The van der Waals surface area contributed by atoms with E-state index in [1.807, 2.05) is 12.1 Å². The maximum absolute atomic E-state index is 5.25. The van der Waals surface area contributed by atoms with Crippen LogP contribution in [0.15, 0.2) is 152 Å². The Bertz CT molecular complexity index is 2180. The van der Waals surface area contributed by atoms with Gasteiger partial charge in [0.15, 0.2) is 0 Å². The molecule has 6 aromatic carbocycles. The highest BCUT2D eigenvalue weighted by atomic mass is 15.2. The van der Waals surface area contributed by atoms with Crippen LogP contribution in [0, 0.1) is 0 Å². The zero-order chi connectivity index (χ0) is 27.2. The fourth-order valence-corrected chi connectivity index (χ4v) is 5.91. The standard InChI is InChI=1S/C38H25N3/c1-3-12-26(13-4-1)27-22-24-28(25-23-27)30-18-11-19-32-31-16-8-10-21-35(31)41(37(30)32)38-39-34-20-9-7-17-33(34)36(40-38)29-14-5-2-6-15-29/h1-25H. The van der Waals surface area contributed by atoms with Crippen molar-refractivity contribution < 1.29 is 0 Å². The molecule has 3 nitrogen and oxygen atoms in total. The minimum atomic E-state index is 0.669. The van der Waals surface area contributed by atoms with Gasteiger partial charge in [0.05, 0.1) is 22.2 Å². The Morgan fingerprint density at radius 2 is 0.976 bits per heavy atom. The lowest BCUT2D eigenvalue weighted by Gasteiger charge is -2.13. The second kappa shape index (κ2) is 9.58. The summed E-state index contributed by atoms with van der Waals surface area (Å²) in [5.41, 5.74) is 9.84. The number of nitrogens with zero attached hydrogens (tertiary/aromatic N) is 3. The van der Waals surface area contributed by atoms with Crippen molar-refractivity contribution in [1.82, 2.24) is 14.5 Å². The van der Waals surface area contributed by atoms with Gasteiger partial charge in [-0.05, 0) is 28.8 Å². The average molecular weight is 524 g/mol. The van der Waals surface area contributed by atoms with Crippen LogP contribution in [0.25, 0.3) is 72.2 Å². The highest BCUT2D eigenvalue weighted by molar-refractivity contribution is 6.13. The lowest BCUT2D eigenvalue weighted by molar-refractivity contribution is 1.01. The van der Waals surface area contributed by atoms with Crippen LogP contribution in [0.1, 0.15) is 0 Å². The van der Waals surface area contributed by atoms with Gasteiger partial charge in [-0.3, -0.25) is 4.57 Å². The second-order valence-corrected chi connectivity index (χ2v) is 10.3. The number of hydrogen-bond acceptors (Lipinski definition) is 2. The molecule has 0 amide bonds. The van der Waals surface area contributed by atoms with E-state index in [0.717, 1.165) is 44.3 Å². The minimum absolute atomic E-state index is 0.669. The minimum Gasteiger partial charge on any atom is -0.277 e. The lowest BCUT2D eigenvalue weighted by atomic mass is 9.98. The number of hydrogen-bond donors (Lipinski definition) is 0. The third kappa shape index (κ3) is 3.90. The monoisotopic (exact) mass is 523 g/mol. The summed E-state index contributed by atoms with van der Waals surface area (Å²) < 4.78 is 2.24. The van der Waals surface area contributed by atoms with E-state index < -0.39 is 0 Å². The van der Waals surface area contributed by atoms with Crippen molar-refractivity contribution in [3.8, 4) is 39.5 Å². The van der Waals surface area contributed by atoms with E-state index >= 15 is 0 Å². The van der Waals surface area contributed by atoms with Gasteiger partial charge in [0.1, 0.15) is 0 Å². The van der Waals surface area contributed by atoms with E-state index in [1.165, 1.54) is 21.9 Å². The summed E-state index contributed by atoms with van der Waals surface area (Å²) in [4.78, 5) is 10.4. The quantitative estimate of drug-likeness (QED) is 0.230. The molecule has 3 heteroatoms. The smallest absolute Gasteiger partial charge is 0.235 e. The van der Waals surface area contributed by atoms with Crippen molar-refractivity contribution in [2.24, 2.45) is 0 Å². The molecule has 0 saturated heterocycles. The number of fused-ring (bicyclic) bond motifs is 4. The molecule has 0 N–H and O–H groups in total. The normalized spacial score (nSPS) is 11.4. The van der Waals surface area contributed by atoms with Gasteiger partial charge < -0.3 is 0 Å². The summed E-state index contributed by atoms with van der Waals surface area (Å²) >= 11 is 0. The maximum atomic E-state index is 5.25. The van der Waals surface area contributed by atoms with Gasteiger partial charge in [0.25, 0.3) is 0 Å². The van der Waals surface area contributed by atoms with Crippen LogP contribution in [0.4, 0.5) is 0 Å². The van der Waals surface area contributed by atoms with Crippen molar-refractivity contribution in [3.63, 3.8) is 0 Å². The van der Waals surface area contributed by atoms with Crippen LogP contribution in [0.5, 0.6) is 0 Å². The molecule has 8 aromatic rings. The molecule has 192 valence electrons. The summed E-state index contributed by atoms with van der Waals surface area (Å²) in [5, 5.41) is 3.41. The van der Waals surface area contributed by atoms with Gasteiger partial charge in [-0.25, -0.2) is 9.97 Å². The van der Waals surface area contributed by atoms with Crippen LogP contribution in [-0.4, -0.2) is 14.5 Å². The highest BCUT2D eigenvalue weighted by Gasteiger charge is 2.19. The van der Waals surface area contributed by atoms with Crippen molar-refractivity contribution >= 4 is 32.7 Å². The van der Waals surface area contributed by atoms with Gasteiger partial charge in [-0.1, -0.05) is 140 Å². The Kier molecular flexibility index (Phi) is 5.46. The molecule has 0 aliphatic heterocycles. The zero-order valence-corrected chi connectivity index (χ0v) is 22.3. The Labute approximate surface area is 238 Å². The molecular weight excluding hydrogens is 498 g/mol. The largest absolute Gasteiger partial charge is 0.277 e. The fourth-order valence-electron chi connectivity index (χ4n) is 5.91. The first-order chi connectivity index (χ1) is 20.3. The van der Waals surface area contributed by atoms with E-state index in [2.05, 4.69) is 144 Å². The molecule has 2 aromatic heterocycles. The average Bonchev–Trinajstić information content (AvgIpc) is 3.40. The van der Waals surface area contributed by atoms with Crippen molar-refractivity contribution in [2.45, 2.75) is 0 Å². The second-order valence-electron chi connectivity index (χ2n) is 10.3. The van der Waals surface area contributed by atoms with Crippen molar-refractivity contribution in [3.05, 3.63) is 152 Å². The van der Waals surface area contributed by atoms with Gasteiger partial charge in [-0.15, -0.1) is 0 Å². The van der Waals surface area contributed by atoms with Crippen LogP contribution >= 0.6 is 0 Å². The Hall–Kier alpha value is -5.54. The molecule has 0 radical (unpaired) electrons. The number of benzene rings is 6. The molecule has 0 unspecified atom stereocenters. The topological polar surface area (TPSA) is 30.7 Å². The summed E-state index contributed by atoms with van der Waals surface area (Å²) in [7, 11) is 0. The van der Waals surface area contributed by atoms with E-state index in [1.54, 1.807) is 0 Å². The van der Waals surface area contributed by atoms with Crippen molar-refractivity contribution in [2.75, 3.05) is 0 Å². The Morgan fingerprint density at radius 3 is 1.76 bits per heavy atom. The van der Waals surface area contributed by atoms with Crippen LogP contribution in [0.2, 0.25) is 0 Å². The van der Waals surface area contributed by atoms with Gasteiger partial charge in [0.2, 0.25) is 5.95 Å². The van der Waals surface area contributed by atoms with E-state index in [4.69, 9.17) is 9.97 Å². The molecular formula is C38H25N3. The zero-order valence-electron chi connectivity index (χ0n) is 22.3. The molecule has 0 saturated carbocycles. The molecule has 0 atom stereocenters. The Morgan fingerprint density at radius 1 is 0.390 bits per heavy atom. The molecule has 0 fully saturated rings. The first kappa shape index (κ1) is 23.4. The SMILES string of the molecule is c1ccc(-c2ccc(-c3cccc4c5ccccc5n(-c5nc(-c6ccccc6)c6ccccc6n5)c34)cc2)cc1. The molecule has 2 heterocycles. The molecule has 41 heavy (non-hydrogen) atoms. The van der Waals surface area contributed by atoms with Crippen LogP contribution in [0.3, 0.4) is 0 Å². The fraction of sp³-hybridized carbons (Fsp3) is 0. The number of rotatable bonds is 4. The summed E-state index contributed by atoms with van der Waals surface area (Å²) in [5.74, 6) is 0.669. The first-order valence-electron chi connectivity index (χ1n) is 13.9. The Balaban J connectivity index is 1.41. The third-order valence-corrected chi connectivity index (χ3v) is 7.84. The van der Waals surface area contributed by atoms with Crippen molar-refractivity contribution in [1.29, 1.82) is 0 Å². The predicted molar refractivity (Wildman–Crippen MR) is 170 cm³/mol. The van der Waals surface area contributed by atoms with Gasteiger partial charge in [-0.2, -0.15) is 0 Å². The molecule has 0 spiro atoms. The molecule has 0 bridgehead atoms. The van der Waals surface area contributed by atoms with E-state index in [0.29, 0.717) is 5.95 Å². The third-order valence-electron chi connectivity index (χ3n) is 7.84. The highest BCUT2D eigenvalue weighted by Crippen LogP contribution is 2.39. The van der Waals surface area contributed by atoms with Gasteiger partial charge in [0, 0.05) is 27.3 Å².